The minimum absolute atomic E-state index is 0.144. The van der Waals surface area contributed by atoms with Gasteiger partial charge in [0.15, 0.2) is 14.3 Å². The van der Waals surface area contributed by atoms with Crippen LogP contribution in [0, 0.1) is 5.41 Å². The van der Waals surface area contributed by atoms with Crippen molar-refractivity contribution < 1.29 is 13.2 Å². The van der Waals surface area contributed by atoms with Gasteiger partial charge in [-0.2, -0.15) is 0 Å². The van der Waals surface area contributed by atoms with Crippen molar-refractivity contribution in [2.24, 2.45) is 5.41 Å². The Labute approximate surface area is 190 Å². The molecule has 1 aromatic rings. The molecule has 4 rings (SSSR count). The summed E-state index contributed by atoms with van der Waals surface area (Å²) in [5, 5.41) is 0. The van der Waals surface area contributed by atoms with Crippen LogP contribution < -0.4 is 0 Å². The number of sulfone groups is 1. The van der Waals surface area contributed by atoms with Crippen LogP contribution >= 0.6 is 47.8 Å². The van der Waals surface area contributed by atoms with Crippen LogP contribution in [0.1, 0.15) is 24.8 Å². The highest BCUT2D eigenvalue weighted by atomic mass is 79.9. The number of allylic oxidation sites excluding steroid dienone is 6. The van der Waals surface area contributed by atoms with Gasteiger partial charge in [0.05, 0.1) is 4.90 Å². The zero-order valence-corrected chi connectivity index (χ0v) is 21.0. The quantitative estimate of drug-likeness (QED) is 0.389. The van der Waals surface area contributed by atoms with E-state index in [4.69, 9.17) is 4.74 Å². The maximum atomic E-state index is 11.8. The summed E-state index contributed by atoms with van der Waals surface area (Å²) in [5.41, 5.74) is 4.63. The molecule has 0 aromatic heterocycles. The van der Waals surface area contributed by atoms with Crippen molar-refractivity contribution >= 4 is 63.2 Å². The summed E-state index contributed by atoms with van der Waals surface area (Å²) in [6.07, 6.45) is 11.0. The molecule has 1 aromatic carbocycles. The highest BCUT2D eigenvalue weighted by Gasteiger charge is 2.44. The molecule has 0 aliphatic heterocycles. The zero-order chi connectivity index (χ0) is 20.3. The van der Waals surface area contributed by atoms with Gasteiger partial charge in [-0.15, -0.1) is 0 Å². The van der Waals surface area contributed by atoms with Crippen LogP contribution in [-0.4, -0.2) is 26.3 Å². The van der Waals surface area contributed by atoms with Crippen LogP contribution in [0.4, 0.5) is 0 Å². The number of benzene rings is 1. The number of methoxy groups -OCH3 is 1. The number of hydrogen-bond acceptors (Lipinski definition) is 3. The average molecular weight is 591 g/mol. The van der Waals surface area contributed by atoms with Crippen molar-refractivity contribution in [3.8, 4) is 0 Å². The first-order valence-corrected chi connectivity index (χ1v) is 13.1. The summed E-state index contributed by atoms with van der Waals surface area (Å²) in [4.78, 5) is 0.339. The van der Waals surface area contributed by atoms with Crippen LogP contribution in [-0.2, 0) is 14.6 Å². The SMILES string of the molecule is COC1(Br)CC(Br)=C(C2=CC3(C=C2c2ccc(S(C)(=O)=O)cc2)CC3)C=C1Br. The molecule has 0 saturated heterocycles. The van der Waals surface area contributed by atoms with E-state index in [1.807, 2.05) is 12.1 Å². The molecule has 0 bridgehead atoms. The molecule has 0 heterocycles. The molecule has 0 N–H and O–H groups in total. The topological polar surface area (TPSA) is 43.4 Å². The number of rotatable bonds is 4. The van der Waals surface area contributed by atoms with Crippen molar-refractivity contribution in [1.29, 1.82) is 0 Å². The molecule has 7 heteroatoms. The first-order chi connectivity index (χ1) is 13.1. The smallest absolute Gasteiger partial charge is 0.175 e. The maximum absolute atomic E-state index is 11.8. The first-order valence-electron chi connectivity index (χ1n) is 8.84. The highest BCUT2D eigenvalue weighted by Crippen LogP contribution is 2.58. The van der Waals surface area contributed by atoms with Crippen LogP contribution in [0.5, 0.6) is 0 Å². The van der Waals surface area contributed by atoms with Gasteiger partial charge in [0, 0.05) is 34.2 Å². The standard InChI is InChI=1S/C21H19Br3O3S/c1-27-21(24)12-18(22)15(9-19(21)23)17-11-20(7-8-20)10-16(17)13-3-5-14(6-4-13)28(2,25)26/h3-6,9-11H,7-8,12H2,1-2H3. The van der Waals surface area contributed by atoms with Gasteiger partial charge in [0.25, 0.3) is 0 Å². The number of halogens is 3. The van der Waals surface area contributed by atoms with E-state index in [0.717, 1.165) is 38.5 Å². The van der Waals surface area contributed by atoms with E-state index in [0.29, 0.717) is 11.3 Å². The third-order valence-corrected chi connectivity index (χ3v) is 9.76. The van der Waals surface area contributed by atoms with Gasteiger partial charge in [-0.3, -0.25) is 0 Å². The van der Waals surface area contributed by atoms with Crippen molar-refractivity contribution in [3.05, 3.63) is 68.2 Å². The Morgan fingerprint density at radius 2 is 1.64 bits per heavy atom. The lowest BCUT2D eigenvalue weighted by molar-refractivity contribution is 0.116. The van der Waals surface area contributed by atoms with E-state index in [1.165, 1.54) is 11.8 Å². The normalized spacial score (nSPS) is 26.2. The fourth-order valence-corrected chi connectivity index (χ4v) is 6.29. The molecule has 0 amide bonds. The predicted octanol–water partition coefficient (Wildman–Crippen LogP) is 6.26. The lowest BCUT2D eigenvalue weighted by Gasteiger charge is -2.31. The number of ether oxygens (including phenoxy) is 1. The Bertz CT molecular complexity index is 1070. The van der Waals surface area contributed by atoms with Gasteiger partial charge < -0.3 is 4.74 Å². The van der Waals surface area contributed by atoms with Gasteiger partial charge in [0.1, 0.15) is 0 Å². The Kier molecular flexibility index (Phi) is 5.23. The third-order valence-electron chi connectivity index (χ3n) is 5.49. The largest absolute Gasteiger partial charge is 0.362 e. The Hall–Kier alpha value is -0.470. The van der Waals surface area contributed by atoms with Gasteiger partial charge >= 0.3 is 0 Å². The fourth-order valence-electron chi connectivity index (χ4n) is 3.63. The lowest BCUT2D eigenvalue weighted by Crippen LogP contribution is -2.26. The Balaban J connectivity index is 1.76. The summed E-state index contributed by atoms with van der Waals surface area (Å²) >= 11 is 11.1. The van der Waals surface area contributed by atoms with E-state index in [1.54, 1.807) is 19.2 Å². The first kappa shape index (κ1) is 20.8. The summed E-state index contributed by atoms with van der Waals surface area (Å²) < 4.78 is 30.6. The molecule has 28 heavy (non-hydrogen) atoms. The number of alkyl halides is 1. The molecular weight excluding hydrogens is 572 g/mol. The second kappa shape index (κ2) is 7.05. The molecule has 3 nitrogen and oxygen atoms in total. The molecule has 1 saturated carbocycles. The second-order valence-electron chi connectivity index (χ2n) is 7.57. The van der Waals surface area contributed by atoms with E-state index >= 15 is 0 Å². The highest BCUT2D eigenvalue weighted by molar-refractivity contribution is 9.14. The van der Waals surface area contributed by atoms with E-state index in [9.17, 15) is 8.42 Å². The molecule has 3 aliphatic carbocycles. The van der Waals surface area contributed by atoms with E-state index in [2.05, 4.69) is 66.0 Å². The third kappa shape index (κ3) is 3.69. The molecule has 1 fully saturated rings. The second-order valence-corrected chi connectivity index (χ2v) is 12.7. The summed E-state index contributed by atoms with van der Waals surface area (Å²) in [5.74, 6) is 0. The molecule has 3 aliphatic rings. The molecule has 1 atom stereocenters. The zero-order valence-electron chi connectivity index (χ0n) is 15.4. The minimum atomic E-state index is -3.21. The van der Waals surface area contributed by atoms with Crippen LogP contribution in [0.2, 0.25) is 0 Å². The fraction of sp³-hybridized carbons (Fsp3) is 0.333. The van der Waals surface area contributed by atoms with Crippen LogP contribution in [0.25, 0.3) is 5.57 Å². The predicted molar refractivity (Wildman–Crippen MR) is 124 cm³/mol. The van der Waals surface area contributed by atoms with E-state index in [-0.39, 0.29) is 5.41 Å². The van der Waals surface area contributed by atoms with E-state index < -0.39 is 14.3 Å². The maximum Gasteiger partial charge on any atom is 0.175 e. The summed E-state index contributed by atoms with van der Waals surface area (Å²) in [7, 11) is -1.53. The van der Waals surface area contributed by atoms with Crippen LogP contribution in [0.15, 0.2) is 67.5 Å². The molecule has 0 radical (unpaired) electrons. The van der Waals surface area contributed by atoms with Crippen molar-refractivity contribution in [3.63, 3.8) is 0 Å². The van der Waals surface area contributed by atoms with Gasteiger partial charge in [-0.05, 0) is 69.3 Å². The van der Waals surface area contributed by atoms with Crippen LogP contribution in [0.3, 0.4) is 0 Å². The lowest BCUT2D eigenvalue weighted by atomic mass is 9.91. The Morgan fingerprint density at radius 1 is 1.04 bits per heavy atom. The van der Waals surface area contributed by atoms with Crippen molar-refractivity contribution in [2.75, 3.05) is 13.4 Å². The number of hydrogen-bond donors (Lipinski definition) is 0. The molecule has 1 spiro atoms. The average Bonchev–Trinajstić information content (AvgIpc) is 3.29. The van der Waals surface area contributed by atoms with Gasteiger partial charge in [0.2, 0.25) is 0 Å². The van der Waals surface area contributed by atoms with Gasteiger partial charge in [-0.25, -0.2) is 8.42 Å². The Morgan fingerprint density at radius 3 is 2.18 bits per heavy atom. The minimum Gasteiger partial charge on any atom is -0.362 e. The van der Waals surface area contributed by atoms with Crippen molar-refractivity contribution in [2.45, 2.75) is 28.7 Å². The summed E-state index contributed by atoms with van der Waals surface area (Å²) in [6.45, 7) is 0. The molecule has 1 unspecified atom stereocenters. The van der Waals surface area contributed by atoms with Gasteiger partial charge in [-0.1, -0.05) is 56.1 Å². The summed E-state index contributed by atoms with van der Waals surface area (Å²) in [6, 6.07) is 7.17. The monoisotopic (exact) mass is 588 g/mol. The molecular formula is C21H19Br3O3S. The van der Waals surface area contributed by atoms with Crippen molar-refractivity contribution in [1.82, 2.24) is 0 Å². The molecule has 148 valence electrons.